The fraction of sp³-hybridized carbons (Fsp3) is 1.00. The fourth-order valence-electron chi connectivity index (χ4n) is 3.16. The van der Waals surface area contributed by atoms with Crippen molar-refractivity contribution in [1.82, 2.24) is 0 Å². The first-order valence-electron chi connectivity index (χ1n) is 6.70. The predicted molar refractivity (Wildman–Crippen MR) is 64.7 cm³/mol. The van der Waals surface area contributed by atoms with Gasteiger partial charge >= 0.3 is 0 Å². The Hall–Kier alpha value is -0.140. The van der Waals surface area contributed by atoms with Crippen LogP contribution >= 0.6 is 0 Å². The first-order valence-corrected chi connectivity index (χ1v) is 6.70. The van der Waals surface area contributed by atoms with Crippen LogP contribution in [0.1, 0.15) is 60.3 Å². The summed E-state index contributed by atoms with van der Waals surface area (Å²) in [6.45, 7) is 10.3. The van der Waals surface area contributed by atoms with Gasteiger partial charge in [-0.25, -0.2) is 8.78 Å². The molecule has 1 aliphatic rings. The molecule has 1 rings (SSSR count). The Morgan fingerprint density at radius 2 is 1.81 bits per heavy atom. The molecule has 0 nitrogen and oxygen atoms in total. The van der Waals surface area contributed by atoms with Crippen molar-refractivity contribution in [2.24, 2.45) is 23.2 Å². The molecule has 3 unspecified atom stereocenters. The lowest BCUT2D eigenvalue weighted by Crippen LogP contribution is -2.29. The summed E-state index contributed by atoms with van der Waals surface area (Å²) >= 11 is 0. The third-order valence-corrected chi connectivity index (χ3v) is 4.74. The molecule has 0 saturated heterocycles. The Morgan fingerprint density at radius 1 is 1.25 bits per heavy atom. The Labute approximate surface area is 98.8 Å². The second kappa shape index (κ2) is 4.62. The van der Waals surface area contributed by atoms with Gasteiger partial charge in [0.05, 0.1) is 0 Å². The van der Waals surface area contributed by atoms with Crippen LogP contribution in [0, 0.1) is 23.2 Å². The van der Waals surface area contributed by atoms with E-state index in [1.807, 2.05) is 6.92 Å². The molecular formula is C14H26F2. The lowest BCUT2D eigenvalue weighted by molar-refractivity contribution is 0.0333. The molecule has 0 spiro atoms. The van der Waals surface area contributed by atoms with E-state index in [0.717, 1.165) is 19.3 Å². The normalized spacial score (nSPS) is 31.5. The molecule has 0 aliphatic heterocycles. The van der Waals surface area contributed by atoms with Crippen LogP contribution in [0.3, 0.4) is 0 Å². The number of hydrogen-bond donors (Lipinski definition) is 0. The number of rotatable bonds is 6. The van der Waals surface area contributed by atoms with E-state index in [-0.39, 0.29) is 17.3 Å². The SMILES string of the molecule is CCCCC(C)(C(C)C)C1C(CC)C1(F)F. The van der Waals surface area contributed by atoms with Gasteiger partial charge in [-0.1, -0.05) is 47.5 Å². The van der Waals surface area contributed by atoms with E-state index in [1.54, 1.807) is 0 Å². The van der Waals surface area contributed by atoms with Crippen LogP contribution in [-0.2, 0) is 0 Å². The van der Waals surface area contributed by atoms with Crippen LogP contribution in [0.25, 0.3) is 0 Å². The molecule has 2 heteroatoms. The lowest BCUT2D eigenvalue weighted by atomic mass is 9.70. The molecule has 1 fully saturated rings. The molecule has 0 amide bonds. The minimum absolute atomic E-state index is 0.180. The van der Waals surface area contributed by atoms with Gasteiger partial charge in [0.25, 0.3) is 5.92 Å². The molecule has 0 radical (unpaired) electrons. The van der Waals surface area contributed by atoms with Crippen molar-refractivity contribution in [3.8, 4) is 0 Å². The minimum atomic E-state index is -2.40. The maximum atomic E-state index is 13.7. The Kier molecular flexibility index (Phi) is 4.02. The average molecular weight is 232 g/mol. The topological polar surface area (TPSA) is 0 Å². The van der Waals surface area contributed by atoms with Crippen LogP contribution in [0.2, 0.25) is 0 Å². The fourth-order valence-corrected chi connectivity index (χ4v) is 3.16. The summed E-state index contributed by atoms with van der Waals surface area (Å²) in [5.74, 6) is -2.80. The largest absolute Gasteiger partial charge is 0.255 e. The van der Waals surface area contributed by atoms with Gasteiger partial charge in [-0.2, -0.15) is 0 Å². The van der Waals surface area contributed by atoms with E-state index >= 15 is 0 Å². The maximum absolute atomic E-state index is 13.7. The summed E-state index contributed by atoms with van der Waals surface area (Å²) in [6, 6.07) is 0. The third-order valence-electron chi connectivity index (χ3n) is 4.74. The lowest BCUT2D eigenvalue weighted by Gasteiger charge is -2.34. The van der Waals surface area contributed by atoms with Crippen molar-refractivity contribution < 1.29 is 8.78 Å². The molecule has 1 aliphatic carbocycles. The van der Waals surface area contributed by atoms with Gasteiger partial charge in [-0.15, -0.1) is 0 Å². The molecule has 3 atom stereocenters. The molecule has 0 heterocycles. The Bertz CT molecular complexity index is 235. The first kappa shape index (κ1) is 13.9. The van der Waals surface area contributed by atoms with E-state index in [0.29, 0.717) is 12.3 Å². The summed E-state index contributed by atoms with van der Waals surface area (Å²) in [6.07, 6.45) is 3.72. The Morgan fingerprint density at radius 3 is 2.12 bits per heavy atom. The highest BCUT2D eigenvalue weighted by molar-refractivity contribution is 5.12. The van der Waals surface area contributed by atoms with Gasteiger partial charge in [-0.05, 0) is 24.2 Å². The molecule has 0 N–H and O–H groups in total. The van der Waals surface area contributed by atoms with Crippen molar-refractivity contribution in [1.29, 1.82) is 0 Å². The molecule has 96 valence electrons. The number of alkyl halides is 2. The maximum Gasteiger partial charge on any atom is 0.255 e. The number of unbranched alkanes of at least 4 members (excludes halogenated alkanes) is 1. The van der Waals surface area contributed by atoms with Gasteiger partial charge in [-0.3, -0.25) is 0 Å². The zero-order valence-electron chi connectivity index (χ0n) is 11.3. The second-order valence-electron chi connectivity index (χ2n) is 5.93. The summed E-state index contributed by atoms with van der Waals surface area (Å²) in [5.41, 5.74) is -0.180. The van der Waals surface area contributed by atoms with Crippen molar-refractivity contribution in [2.75, 3.05) is 0 Å². The summed E-state index contributed by atoms with van der Waals surface area (Å²) in [7, 11) is 0. The van der Waals surface area contributed by atoms with Crippen molar-refractivity contribution >= 4 is 0 Å². The van der Waals surface area contributed by atoms with Crippen molar-refractivity contribution in [3.05, 3.63) is 0 Å². The molecule has 1 saturated carbocycles. The van der Waals surface area contributed by atoms with Crippen molar-refractivity contribution in [2.45, 2.75) is 66.2 Å². The smallest absolute Gasteiger partial charge is 0.206 e. The quantitative estimate of drug-likeness (QED) is 0.595. The van der Waals surface area contributed by atoms with E-state index in [9.17, 15) is 8.78 Å². The van der Waals surface area contributed by atoms with E-state index in [2.05, 4.69) is 27.7 Å². The highest BCUT2D eigenvalue weighted by Gasteiger charge is 2.72. The van der Waals surface area contributed by atoms with Crippen LogP contribution in [0.5, 0.6) is 0 Å². The molecule has 16 heavy (non-hydrogen) atoms. The minimum Gasteiger partial charge on any atom is -0.206 e. The van der Waals surface area contributed by atoms with Gasteiger partial charge in [0.1, 0.15) is 0 Å². The monoisotopic (exact) mass is 232 g/mol. The van der Waals surface area contributed by atoms with E-state index < -0.39 is 5.92 Å². The average Bonchev–Trinajstić information content (AvgIpc) is 2.77. The van der Waals surface area contributed by atoms with Gasteiger partial charge in [0.15, 0.2) is 0 Å². The third kappa shape index (κ3) is 2.12. The summed E-state index contributed by atoms with van der Waals surface area (Å²) < 4.78 is 27.5. The molecule has 0 bridgehead atoms. The predicted octanol–water partition coefficient (Wildman–Crippen LogP) is 5.13. The zero-order chi connectivity index (χ0) is 12.6. The van der Waals surface area contributed by atoms with Gasteiger partial charge < -0.3 is 0 Å². The number of halogens is 2. The molecule has 0 aromatic carbocycles. The van der Waals surface area contributed by atoms with Gasteiger partial charge in [0.2, 0.25) is 0 Å². The van der Waals surface area contributed by atoms with Crippen LogP contribution in [-0.4, -0.2) is 5.92 Å². The summed E-state index contributed by atoms with van der Waals surface area (Å²) in [4.78, 5) is 0. The first-order chi connectivity index (χ1) is 7.32. The van der Waals surface area contributed by atoms with Crippen LogP contribution in [0.15, 0.2) is 0 Å². The zero-order valence-corrected chi connectivity index (χ0v) is 11.3. The van der Waals surface area contributed by atoms with Gasteiger partial charge in [0, 0.05) is 11.8 Å². The highest BCUT2D eigenvalue weighted by atomic mass is 19.3. The van der Waals surface area contributed by atoms with E-state index in [1.165, 1.54) is 0 Å². The summed E-state index contributed by atoms with van der Waals surface area (Å²) in [5, 5.41) is 0. The standard InChI is InChI=1S/C14H26F2/c1-6-8-9-13(5,10(3)4)12-11(7-2)14(12,15)16/h10-12H,6-9H2,1-5H3. The second-order valence-corrected chi connectivity index (χ2v) is 5.93. The molecule has 0 aromatic rings. The highest BCUT2D eigenvalue weighted by Crippen LogP contribution is 2.67. The molecular weight excluding hydrogens is 206 g/mol. The number of hydrogen-bond acceptors (Lipinski definition) is 0. The van der Waals surface area contributed by atoms with Crippen LogP contribution in [0.4, 0.5) is 8.78 Å². The van der Waals surface area contributed by atoms with Crippen LogP contribution < -0.4 is 0 Å². The van der Waals surface area contributed by atoms with Crippen molar-refractivity contribution in [3.63, 3.8) is 0 Å². The Balaban J connectivity index is 2.80. The molecule has 0 aromatic heterocycles. The van der Waals surface area contributed by atoms with E-state index in [4.69, 9.17) is 0 Å².